The van der Waals surface area contributed by atoms with Crippen molar-refractivity contribution in [2.24, 2.45) is 21.7 Å². The van der Waals surface area contributed by atoms with Crippen LogP contribution in [0.25, 0.3) is 0 Å². The Labute approximate surface area is 127 Å². The second kappa shape index (κ2) is 6.24. The molecule has 0 unspecified atom stereocenters. The van der Waals surface area contributed by atoms with Crippen LogP contribution in [0.15, 0.2) is 5.16 Å². The fourth-order valence-electron chi connectivity index (χ4n) is 4.07. The average molecular weight is 295 g/mol. The lowest BCUT2D eigenvalue weighted by atomic mass is 9.72. The Balaban J connectivity index is 2.20. The van der Waals surface area contributed by atoms with Crippen LogP contribution < -0.4 is 5.73 Å². The van der Waals surface area contributed by atoms with Crippen LogP contribution in [-0.2, 0) is 4.79 Å². The number of hydrogen-bond acceptors (Lipinski definition) is 3. The number of nitrogens with zero attached hydrogens (tertiary/aromatic N) is 2. The largest absolute Gasteiger partial charge is 0.409 e. The zero-order valence-electron chi connectivity index (χ0n) is 13.4. The van der Waals surface area contributed by atoms with Gasteiger partial charge in [-0.1, -0.05) is 38.3 Å². The summed E-state index contributed by atoms with van der Waals surface area (Å²) in [5, 5.41) is 12.3. The van der Waals surface area contributed by atoms with E-state index in [4.69, 9.17) is 10.9 Å². The van der Waals surface area contributed by atoms with Gasteiger partial charge in [-0.05, 0) is 37.5 Å². The van der Waals surface area contributed by atoms with E-state index in [2.05, 4.69) is 19.0 Å². The first-order valence-electron chi connectivity index (χ1n) is 8.31. The van der Waals surface area contributed by atoms with Gasteiger partial charge in [0.1, 0.15) is 5.41 Å². The summed E-state index contributed by atoms with van der Waals surface area (Å²) < 4.78 is 0. The smallest absolute Gasteiger partial charge is 0.236 e. The molecule has 5 heteroatoms. The number of hydrogen-bond donors (Lipinski definition) is 2. The van der Waals surface area contributed by atoms with E-state index in [0.29, 0.717) is 12.8 Å². The molecular formula is C16H29N3O2. The van der Waals surface area contributed by atoms with Gasteiger partial charge in [0.05, 0.1) is 0 Å². The van der Waals surface area contributed by atoms with Gasteiger partial charge in [-0.25, -0.2) is 0 Å². The molecule has 0 spiro atoms. The first-order valence-corrected chi connectivity index (χ1v) is 8.31. The van der Waals surface area contributed by atoms with Crippen LogP contribution in [0, 0.1) is 10.8 Å². The molecule has 0 radical (unpaired) electrons. The molecule has 1 saturated carbocycles. The third-order valence-electron chi connectivity index (χ3n) is 5.94. The molecule has 0 atom stereocenters. The van der Waals surface area contributed by atoms with Gasteiger partial charge in [0.15, 0.2) is 5.84 Å². The van der Waals surface area contributed by atoms with E-state index in [1.807, 2.05) is 4.90 Å². The van der Waals surface area contributed by atoms with E-state index >= 15 is 0 Å². The van der Waals surface area contributed by atoms with Crippen molar-refractivity contribution in [2.45, 2.75) is 65.2 Å². The van der Waals surface area contributed by atoms with E-state index in [1.54, 1.807) is 0 Å². The van der Waals surface area contributed by atoms with Crippen molar-refractivity contribution in [1.82, 2.24) is 4.90 Å². The molecule has 3 N–H and O–H groups in total. The second-order valence-corrected chi connectivity index (χ2v) is 6.81. The molecule has 1 saturated heterocycles. The first kappa shape index (κ1) is 16.1. The number of nitrogens with two attached hydrogens (primary N) is 1. The van der Waals surface area contributed by atoms with Gasteiger partial charge >= 0.3 is 0 Å². The van der Waals surface area contributed by atoms with Crippen LogP contribution >= 0.6 is 0 Å². The monoisotopic (exact) mass is 295 g/mol. The summed E-state index contributed by atoms with van der Waals surface area (Å²) in [6, 6.07) is 0. The maximum Gasteiger partial charge on any atom is 0.236 e. The van der Waals surface area contributed by atoms with Crippen LogP contribution in [0.5, 0.6) is 0 Å². The fourth-order valence-corrected chi connectivity index (χ4v) is 4.07. The zero-order chi connectivity index (χ0) is 15.5. The Morgan fingerprint density at radius 3 is 2.29 bits per heavy atom. The van der Waals surface area contributed by atoms with Crippen molar-refractivity contribution in [3.8, 4) is 0 Å². The SMILES string of the molecule is CCC1(CC)CCN(C(=O)C2(C(N)=NO)CCCCC2)C1. The lowest BCUT2D eigenvalue weighted by Crippen LogP contribution is -2.52. The summed E-state index contributed by atoms with van der Waals surface area (Å²) in [6.07, 6.45) is 7.77. The summed E-state index contributed by atoms with van der Waals surface area (Å²) in [6.45, 7) is 6.04. The van der Waals surface area contributed by atoms with Gasteiger partial charge in [-0.3, -0.25) is 4.79 Å². The van der Waals surface area contributed by atoms with E-state index in [1.165, 1.54) is 0 Å². The molecule has 5 nitrogen and oxygen atoms in total. The minimum Gasteiger partial charge on any atom is -0.409 e. The standard InChI is InChI=1S/C16H29N3O2/c1-3-15(4-2)10-11-19(12-15)14(20)16(13(17)18-21)8-6-5-7-9-16/h21H,3-12H2,1-2H3,(H2,17,18). The van der Waals surface area contributed by atoms with Crippen LogP contribution in [0.1, 0.15) is 65.2 Å². The van der Waals surface area contributed by atoms with E-state index in [-0.39, 0.29) is 17.2 Å². The number of carbonyl (C=O) groups excluding carboxylic acids is 1. The van der Waals surface area contributed by atoms with Crippen molar-refractivity contribution in [2.75, 3.05) is 13.1 Å². The highest BCUT2D eigenvalue weighted by molar-refractivity contribution is 6.06. The fraction of sp³-hybridized carbons (Fsp3) is 0.875. The number of carbonyl (C=O) groups is 1. The molecular weight excluding hydrogens is 266 g/mol. The van der Waals surface area contributed by atoms with Crippen LogP contribution in [0.3, 0.4) is 0 Å². The number of likely N-dealkylation sites (tertiary alicyclic amines) is 1. The molecule has 21 heavy (non-hydrogen) atoms. The highest BCUT2D eigenvalue weighted by atomic mass is 16.4. The van der Waals surface area contributed by atoms with Crippen LogP contribution in [0.4, 0.5) is 0 Å². The van der Waals surface area contributed by atoms with Crippen LogP contribution in [0.2, 0.25) is 0 Å². The quantitative estimate of drug-likeness (QED) is 0.362. The number of oxime groups is 1. The minimum absolute atomic E-state index is 0.0845. The minimum atomic E-state index is -0.759. The molecule has 1 aliphatic heterocycles. The van der Waals surface area contributed by atoms with Crippen LogP contribution in [-0.4, -0.2) is 34.9 Å². The van der Waals surface area contributed by atoms with Crippen molar-refractivity contribution < 1.29 is 10.0 Å². The Hall–Kier alpha value is -1.26. The van der Waals surface area contributed by atoms with E-state index in [0.717, 1.165) is 51.6 Å². The van der Waals surface area contributed by atoms with E-state index in [9.17, 15) is 4.79 Å². The van der Waals surface area contributed by atoms with Crippen molar-refractivity contribution in [1.29, 1.82) is 0 Å². The third kappa shape index (κ3) is 2.74. The van der Waals surface area contributed by atoms with Gasteiger partial charge < -0.3 is 15.8 Å². The summed E-state index contributed by atoms with van der Waals surface area (Å²) in [5.74, 6) is 0.193. The first-order chi connectivity index (χ1) is 10.0. The molecule has 1 heterocycles. The molecule has 0 bridgehead atoms. The van der Waals surface area contributed by atoms with Gasteiger partial charge in [0.2, 0.25) is 5.91 Å². The Morgan fingerprint density at radius 2 is 1.81 bits per heavy atom. The Morgan fingerprint density at radius 1 is 1.19 bits per heavy atom. The van der Waals surface area contributed by atoms with Gasteiger partial charge in [-0.15, -0.1) is 0 Å². The topological polar surface area (TPSA) is 78.9 Å². The molecule has 0 aromatic heterocycles. The predicted molar refractivity (Wildman–Crippen MR) is 83.1 cm³/mol. The maximum absolute atomic E-state index is 13.1. The molecule has 1 amide bonds. The van der Waals surface area contributed by atoms with Crippen molar-refractivity contribution >= 4 is 11.7 Å². The molecule has 2 fully saturated rings. The normalized spacial score (nSPS) is 25.0. The van der Waals surface area contributed by atoms with Gasteiger partial charge in [0.25, 0.3) is 0 Å². The van der Waals surface area contributed by atoms with Gasteiger partial charge in [-0.2, -0.15) is 0 Å². The third-order valence-corrected chi connectivity index (χ3v) is 5.94. The molecule has 0 aromatic rings. The lowest BCUT2D eigenvalue weighted by molar-refractivity contribution is -0.139. The highest BCUT2D eigenvalue weighted by Crippen LogP contribution is 2.43. The molecule has 1 aliphatic carbocycles. The summed E-state index contributed by atoms with van der Waals surface area (Å²) in [7, 11) is 0. The molecule has 0 aromatic carbocycles. The number of rotatable bonds is 4. The van der Waals surface area contributed by atoms with Crippen molar-refractivity contribution in [3.63, 3.8) is 0 Å². The second-order valence-electron chi connectivity index (χ2n) is 6.81. The Bertz CT molecular complexity index is 410. The molecule has 2 aliphatic rings. The summed E-state index contributed by atoms with van der Waals surface area (Å²) in [4.78, 5) is 15.1. The van der Waals surface area contributed by atoms with Crippen molar-refractivity contribution in [3.05, 3.63) is 0 Å². The lowest BCUT2D eigenvalue weighted by Gasteiger charge is -2.38. The average Bonchev–Trinajstić information content (AvgIpc) is 2.99. The number of amides is 1. The molecule has 2 rings (SSSR count). The predicted octanol–water partition coefficient (Wildman–Crippen LogP) is 2.72. The summed E-state index contributed by atoms with van der Waals surface area (Å²) in [5.41, 5.74) is 5.44. The molecule has 120 valence electrons. The summed E-state index contributed by atoms with van der Waals surface area (Å²) >= 11 is 0. The number of amidine groups is 1. The Kier molecular flexibility index (Phi) is 4.79. The zero-order valence-corrected chi connectivity index (χ0v) is 13.4. The van der Waals surface area contributed by atoms with Gasteiger partial charge in [0, 0.05) is 13.1 Å². The highest BCUT2D eigenvalue weighted by Gasteiger charge is 2.49. The maximum atomic E-state index is 13.1. The van der Waals surface area contributed by atoms with E-state index < -0.39 is 5.41 Å².